The van der Waals surface area contributed by atoms with Crippen molar-refractivity contribution in [2.24, 2.45) is 0 Å². The number of esters is 1. The van der Waals surface area contributed by atoms with Crippen molar-refractivity contribution in [3.63, 3.8) is 0 Å². The zero-order valence-corrected chi connectivity index (χ0v) is 11.4. The molecule has 19 heavy (non-hydrogen) atoms. The summed E-state index contributed by atoms with van der Waals surface area (Å²) < 4.78 is 9.64. The van der Waals surface area contributed by atoms with Crippen LogP contribution in [0, 0.1) is 6.92 Å². The number of aromatic nitrogens is 1. The maximum Gasteiger partial charge on any atom is 0.305 e. The molecule has 0 fully saturated rings. The molecule has 1 N–H and O–H groups in total. The minimum atomic E-state index is -0.177. The first-order chi connectivity index (χ1) is 9.15. The molecule has 6 heteroatoms. The van der Waals surface area contributed by atoms with E-state index < -0.39 is 0 Å². The lowest BCUT2D eigenvalue weighted by Crippen LogP contribution is -2.24. The van der Waals surface area contributed by atoms with Gasteiger partial charge in [-0.3, -0.25) is 9.59 Å². The molecule has 0 radical (unpaired) electrons. The Hall–Kier alpha value is -1.85. The molecule has 6 nitrogen and oxygen atoms in total. The molecule has 0 unspecified atom stereocenters. The van der Waals surface area contributed by atoms with Crippen LogP contribution in [-0.4, -0.2) is 30.2 Å². The average Bonchev–Trinajstić information content (AvgIpc) is 2.80. The van der Waals surface area contributed by atoms with E-state index in [2.05, 4.69) is 10.5 Å². The summed E-state index contributed by atoms with van der Waals surface area (Å²) >= 11 is 0. The number of unbranched alkanes of at least 4 members (excludes halogenated alkanes) is 2. The van der Waals surface area contributed by atoms with E-state index in [-0.39, 0.29) is 11.9 Å². The fourth-order valence-electron chi connectivity index (χ4n) is 1.62. The van der Waals surface area contributed by atoms with Gasteiger partial charge in [-0.2, -0.15) is 0 Å². The van der Waals surface area contributed by atoms with E-state index in [0.29, 0.717) is 30.9 Å². The summed E-state index contributed by atoms with van der Waals surface area (Å²) in [7, 11) is 0. The number of ether oxygens (including phenoxy) is 1. The number of amides is 1. The van der Waals surface area contributed by atoms with Gasteiger partial charge in [0.25, 0.3) is 5.91 Å². The molecular formula is C13H20N2O4. The van der Waals surface area contributed by atoms with Gasteiger partial charge >= 0.3 is 5.97 Å². The van der Waals surface area contributed by atoms with Crippen molar-refractivity contribution >= 4 is 11.9 Å². The van der Waals surface area contributed by atoms with Crippen molar-refractivity contribution in [3.8, 4) is 0 Å². The van der Waals surface area contributed by atoms with Crippen molar-refractivity contribution in [1.82, 2.24) is 10.5 Å². The number of nitrogens with one attached hydrogen (secondary N) is 1. The van der Waals surface area contributed by atoms with Crippen LogP contribution in [-0.2, 0) is 9.53 Å². The van der Waals surface area contributed by atoms with Crippen LogP contribution in [0.5, 0.6) is 0 Å². The molecule has 1 heterocycles. The van der Waals surface area contributed by atoms with Gasteiger partial charge in [0, 0.05) is 13.0 Å². The van der Waals surface area contributed by atoms with Gasteiger partial charge in [-0.15, -0.1) is 0 Å². The fourth-order valence-corrected chi connectivity index (χ4v) is 1.62. The lowest BCUT2D eigenvalue weighted by Gasteiger charge is -2.04. The third-order valence-electron chi connectivity index (χ3n) is 2.64. The zero-order valence-electron chi connectivity index (χ0n) is 11.4. The Morgan fingerprint density at radius 1 is 1.37 bits per heavy atom. The Bertz CT molecular complexity index is 415. The Kier molecular flexibility index (Phi) is 6.63. The van der Waals surface area contributed by atoms with Crippen LogP contribution in [0.1, 0.15) is 48.7 Å². The smallest absolute Gasteiger partial charge is 0.305 e. The molecule has 0 saturated heterocycles. The van der Waals surface area contributed by atoms with Gasteiger partial charge < -0.3 is 14.6 Å². The second-order valence-corrected chi connectivity index (χ2v) is 4.17. The van der Waals surface area contributed by atoms with E-state index in [1.165, 1.54) is 6.20 Å². The van der Waals surface area contributed by atoms with E-state index in [1.54, 1.807) is 13.8 Å². The summed E-state index contributed by atoms with van der Waals surface area (Å²) in [6.07, 6.45) is 4.33. The van der Waals surface area contributed by atoms with Crippen LogP contribution in [0.15, 0.2) is 10.7 Å². The summed E-state index contributed by atoms with van der Waals surface area (Å²) in [5, 5.41) is 6.33. The highest BCUT2D eigenvalue weighted by atomic mass is 16.5. The van der Waals surface area contributed by atoms with Gasteiger partial charge in [0.2, 0.25) is 0 Å². The minimum absolute atomic E-state index is 0.161. The summed E-state index contributed by atoms with van der Waals surface area (Å²) in [6.45, 7) is 4.49. The van der Waals surface area contributed by atoms with Crippen molar-refractivity contribution in [1.29, 1.82) is 0 Å². The van der Waals surface area contributed by atoms with Gasteiger partial charge in [-0.1, -0.05) is 11.6 Å². The highest BCUT2D eigenvalue weighted by Crippen LogP contribution is 2.05. The summed E-state index contributed by atoms with van der Waals surface area (Å²) in [6, 6.07) is 0. The topological polar surface area (TPSA) is 81.4 Å². The van der Waals surface area contributed by atoms with Crippen LogP contribution >= 0.6 is 0 Å². The Balaban J connectivity index is 2.07. The van der Waals surface area contributed by atoms with Crippen LogP contribution in [0.2, 0.25) is 0 Å². The lowest BCUT2D eigenvalue weighted by molar-refractivity contribution is -0.143. The molecule has 0 saturated carbocycles. The number of carbonyl (C=O) groups excluding carboxylic acids is 2. The van der Waals surface area contributed by atoms with Crippen molar-refractivity contribution < 1.29 is 18.8 Å². The molecule has 0 spiro atoms. The largest absolute Gasteiger partial charge is 0.466 e. The van der Waals surface area contributed by atoms with Crippen LogP contribution in [0.3, 0.4) is 0 Å². The predicted octanol–water partition coefficient (Wildman–Crippen LogP) is 1.84. The second-order valence-electron chi connectivity index (χ2n) is 4.17. The first-order valence-electron chi connectivity index (χ1n) is 6.50. The monoisotopic (exact) mass is 268 g/mol. The first kappa shape index (κ1) is 15.2. The summed E-state index contributed by atoms with van der Waals surface area (Å²) in [5.41, 5.74) is 0.464. The van der Waals surface area contributed by atoms with Crippen LogP contribution < -0.4 is 5.32 Å². The molecule has 0 bridgehead atoms. The third-order valence-corrected chi connectivity index (χ3v) is 2.64. The molecule has 0 aromatic carbocycles. The number of hydrogen-bond acceptors (Lipinski definition) is 5. The second kappa shape index (κ2) is 8.29. The molecule has 1 aromatic heterocycles. The van der Waals surface area contributed by atoms with Crippen molar-refractivity contribution in [3.05, 3.63) is 17.5 Å². The van der Waals surface area contributed by atoms with E-state index >= 15 is 0 Å². The Morgan fingerprint density at radius 2 is 2.16 bits per heavy atom. The first-order valence-corrected chi connectivity index (χ1v) is 6.50. The van der Waals surface area contributed by atoms with Gasteiger partial charge in [0.05, 0.1) is 12.8 Å². The van der Waals surface area contributed by atoms with E-state index in [4.69, 9.17) is 9.26 Å². The van der Waals surface area contributed by atoms with Gasteiger partial charge in [-0.05, 0) is 26.7 Å². The molecule has 0 aliphatic heterocycles. The summed E-state index contributed by atoms with van der Waals surface area (Å²) in [5.74, 6) is 0.176. The molecule has 106 valence electrons. The highest BCUT2D eigenvalue weighted by molar-refractivity contribution is 5.94. The van der Waals surface area contributed by atoms with E-state index in [1.807, 2.05) is 0 Å². The third kappa shape index (κ3) is 5.54. The number of carbonyl (C=O) groups is 2. The molecule has 0 aliphatic carbocycles. The Labute approximate surface area is 112 Å². The minimum Gasteiger partial charge on any atom is -0.466 e. The van der Waals surface area contributed by atoms with Gasteiger partial charge in [-0.25, -0.2) is 0 Å². The molecule has 1 aromatic rings. The van der Waals surface area contributed by atoms with E-state index in [0.717, 1.165) is 19.3 Å². The molecule has 0 atom stereocenters. The van der Waals surface area contributed by atoms with E-state index in [9.17, 15) is 9.59 Å². The molecular weight excluding hydrogens is 248 g/mol. The standard InChI is InChI=1S/C13H20N2O4/c1-3-18-12(16)7-5-4-6-8-14-13(17)11-9-15-19-10(11)2/h9H,3-8H2,1-2H3,(H,14,17). The maximum absolute atomic E-state index is 11.7. The summed E-state index contributed by atoms with van der Waals surface area (Å²) in [4.78, 5) is 22.7. The van der Waals surface area contributed by atoms with Crippen molar-refractivity contribution in [2.45, 2.75) is 39.5 Å². The number of nitrogens with zero attached hydrogens (tertiary/aromatic N) is 1. The van der Waals surface area contributed by atoms with Gasteiger partial charge in [0.15, 0.2) is 0 Å². The number of hydrogen-bond donors (Lipinski definition) is 1. The number of aryl methyl sites for hydroxylation is 1. The Morgan fingerprint density at radius 3 is 2.79 bits per heavy atom. The normalized spacial score (nSPS) is 10.2. The molecule has 1 amide bonds. The maximum atomic E-state index is 11.7. The van der Waals surface area contributed by atoms with Crippen molar-refractivity contribution in [2.75, 3.05) is 13.2 Å². The molecule has 0 aliphatic rings. The van der Waals surface area contributed by atoms with Gasteiger partial charge in [0.1, 0.15) is 11.3 Å². The highest BCUT2D eigenvalue weighted by Gasteiger charge is 2.11. The fraction of sp³-hybridized carbons (Fsp3) is 0.615. The molecule has 1 rings (SSSR count). The number of rotatable bonds is 8. The van der Waals surface area contributed by atoms with Crippen LogP contribution in [0.4, 0.5) is 0 Å². The predicted molar refractivity (Wildman–Crippen MR) is 68.7 cm³/mol. The lowest BCUT2D eigenvalue weighted by atomic mass is 10.2. The average molecular weight is 268 g/mol. The van der Waals surface area contributed by atoms with Crippen LogP contribution in [0.25, 0.3) is 0 Å². The quantitative estimate of drug-likeness (QED) is 0.574. The SMILES string of the molecule is CCOC(=O)CCCCCNC(=O)c1cnoc1C. The zero-order chi connectivity index (χ0) is 14.1.